The first-order valence-corrected chi connectivity index (χ1v) is 4.94. The van der Waals surface area contributed by atoms with Gasteiger partial charge in [0, 0.05) is 0 Å². The summed E-state index contributed by atoms with van der Waals surface area (Å²) in [5, 5.41) is 0. The Bertz CT molecular complexity index is 443. The summed E-state index contributed by atoms with van der Waals surface area (Å²) in [7, 11) is 0. The van der Waals surface area contributed by atoms with E-state index < -0.39 is 31.2 Å². The first kappa shape index (κ1) is 19.8. The molecule has 106 valence electrons. The largest absolute Gasteiger partial charge is 1.00 e. The minimum atomic E-state index is -5.19. The van der Waals surface area contributed by atoms with Crippen LogP contribution in [0.4, 0.5) is 26.1 Å². The first-order chi connectivity index (χ1) is 8.58. The standard InChI is InChI=1S/C10H8BF6O2.K/c1-7(11(15,16)17)6-18-8-2-4-9(5-3-8)19-10(12,13)14;/h2-5H,1,6H2;/q-1;+1. The van der Waals surface area contributed by atoms with Gasteiger partial charge >= 0.3 is 64.7 Å². The van der Waals surface area contributed by atoms with Crippen molar-refractivity contribution in [3.05, 3.63) is 36.3 Å². The Morgan fingerprint density at radius 3 is 1.90 bits per heavy atom. The molecule has 0 spiro atoms. The summed E-state index contributed by atoms with van der Waals surface area (Å²) in [5.41, 5.74) is -1.03. The molecule has 0 atom stereocenters. The summed E-state index contributed by atoms with van der Waals surface area (Å²) in [5.74, 6) is -0.505. The van der Waals surface area contributed by atoms with Gasteiger partial charge in [0.15, 0.2) is 0 Å². The quantitative estimate of drug-likeness (QED) is 0.592. The number of hydrogen-bond acceptors (Lipinski definition) is 2. The maximum absolute atomic E-state index is 12.1. The van der Waals surface area contributed by atoms with E-state index in [1.165, 1.54) is 0 Å². The summed E-state index contributed by atoms with van der Waals surface area (Å²) in [4.78, 5) is 0. The van der Waals surface area contributed by atoms with Gasteiger partial charge in [-0.15, -0.1) is 25.2 Å². The number of rotatable bonds is 5. The number of alkyl halides is 3. The van der Waals surface area contributed by atoms with E-state index in [1.54, 1.807) is 0 Å². The van der Waals surface area contributed by atoms with Crippen molar-refractivity contribution in [2.24, 2.45) is 0 Å². The Labute approximate surface area is 153 Å². The van der Waals surface area contributed by atoms with Crippen molar-refractivity contribution in [1.82, 2.24) is 0 Å². The van der Waals surface area contributed by atoms with Crippen LogP contribution in [-0.2, 0) is 0 Å². The molecule has 0 saturated heterocycles. The molecule has 20 heavy (non-hydrogen) atoms. The van der Waals surface area contributed by atoms with Crippen molar-refractivity contribution in [2.75, 3.05) is 6.61 Å². The molecular weight excluding hydrogens is 316 g/mol. The van der Waals surface area contributed by atoms with Gasteiger partial charge < -0.3 is 22.4 Å². The normalized spacial score (nSPS) is 11.5. The molecule has 0 radical (unpaired) electrons. The van der Waals surface area contributed by atoms with E-state index in [-0.39, 0.29) is 57.1 Å². The van der Waals surface area contributed by atoms with Gasteiger partial charge in [0.25, 0.3) is 0 Å². The van der Waals surface area contributed by atoms with E-state index in [2.05, 4.69) is 11.3 Å². The minimum absolute atomic E-state index is 0. The molecule has 0 fully saturated rings. The fourth-order valence-electron chi connectivity index (χ4n) is 1.01. The Kier molecular flexibility index (Phi) is 7.68. The van der Waals surface area contributed by atoms with Gasteiger partial charge in [0.05, 0.1) is 6.61 Å². The van der Waals surface area contributed by atoms with Gasteiger partial charge in [-0.05, 0) is 24.3 Å². The number of halogens is 6. The van der Waals surface area contributed by atoms with Crippen molar-refractivity contribution in [1.29, 1.82) is 0 Å². The SMILES string of the molecule is C=C(COc1ccc(OC(F)(F)F)cc1)[B-](F)(F)F.[K+]. The van der Waals surface area contributed by atoms with Crippen molar-refractivity contribution in [3.8, 4) is 11.5 Å². The molecule has 0 aromatic heterocycles. The molecule has 0 saturated carbocycles. The van der Waals surface area contributed by atoms with Crippen LogP contribution in [0.1, 0.15) is 0 Å². The second-order valence-electron chi connectivity index (χ2n) is 3.54. The van der Waals surface area contributed by atoms with Gasteiger partial charge in [-0.25, -0.2) is 0 Å². The van der Waals surface area contributed by atoms with Crippen molar-refractivity contribution >= 4 is 6.98 Å². The summed E-state index contributed by atoms with van der Waals surface area (Å²) in [6.07, 6.45) is -4.82. The zero-order valence-corrected chi connectivity index (χ0v) is 13.5. The predicted octanol–water partition coefficient (Wildman–Crippen LogP) is 0.911. The minimum Gasteiger partial charge on any atom is -0.492 e. The van der Waals surface area contributed by atoms with Crippen LogP contribution in [0.2, 0.25) is 0 Å². The van der Waals surface area contributed by atoms with E-state index in [1.807, 2.05) is 0 Å². The zero-order chi connectivity index (χ0) is 14.7. The Hall–Kier alpha value is -0.159. The van der Waals surface area contributed by atoms with E-state index in [0.717, 1.165) is 24.3 Å². The molecule has 10 heteroatoms. The molecule has 0 amide bonds. The fourth-order valence-corrected chi connectivity index (χ4v) is 1.01. The van der Waals surface area contributed by atoms with Crippen LogP contribution in [0.5, 0.6) is 11.5 Å². The summed E-state index contributed by atoms with van der Waals surface area (Å²) < 4.78 is 80.3. The van der Waals surface area contributed by atoms with Gasteiger partial charge in [-0.1, -0.05) is 0 Å². The monoisotopic (exact) mass is 324 g/mol. The van der Waals surface area contributed by atoms with E-state index in [0.29, 0.717) is 0 Å². The third kappa shape index (κ3) is 7.58. The number of ether oxygens (including phenoxy) is 2. The Morgan fingerprint density at radius 2 is 1.50 bits per heavy atom. The maximum atomic E-state index is 12.1. The Morgan fingerprint density at radius 1 is 1.05 bits per heavy atom. The summed E-state index contributed by atoms with van der Waals surface area (Å²) >= 11 is 0. The number of hydrogen-bond donors (Lipinski definition) is 0. The van der Waals surface area contributed by atoms with Crippen LogP contribution in [0.15, 0.2) is 36.3 Å². The van der Waals surface area contributed by atoms with Crippen LogP contribution >= 0.6 is 0 Å². The summed E-state index contributed by atoms with van der Waals surface area (Å²) in [6, 6.07) is 4.00. The van der Waals surface area contributed by atoms with E-state index in [4.69, 9.17) is 4.74 Å². The average molecular weight is 324 g/mol. The van der Waals surface area contributed by atoms with Crippen molar-refractivity contribution in [3.63, 3.8) is 0 Å². The molecule has 0 N–H and O–H groups in total. The third-order valence-electron chi connectivity index (χ3n) is 1.94. The summed E-state index contributed by atoms with van der Waals surface area (Å²) in [6.45, 7) is -3.15. The van der Waals surface area contributed by atoms with Gasteiger partial charge in [0.2, 0.25) is 0 Å². The Balaban J connectivity index is 0.00000361. The van der Waals surface area contributed by atoms with Crippen LogP contribution in [0, 0.1) is 0 Å². The first-order valence-electron chi connectivity index (χ1n) is 4.94. The van der Waals surface area contributed by atoms with Crippen molar-refractivity contribution < 1.29 is 87.0 Å². The molecule has 1 rings (SSSR count). The zero-order valence-electron chi connectivity index (χ0n) is 10.4. The molecule has 0 heterocycles. The molecule has 0 aliphatic rings. The molecular formula is C10H8BF6KO2. The second-order valence-corrected chi connectivity index (χ2v) is 3.54. The third-order valence-corrected chi connectivity index (χ3v) is 1.94. The molecule has 1 aromatic rings. The van der Waals surface area contributed by atoms with Crippen LogP contribution in [0.3, 0.4) is 0 Å². The van der Waals surface area contributed by atoms with Gasteiger partial charge in [-0.2, -0.15) is 0 Å². The van der Waals surface area contributed by atoms with Gasteiger partial charge in [-0.3, -0.25) is 0 Å². The molecule has 1 aromatic carbocycles. The predicted molar refractivity (Wildman–Crippen MR) is 56.8 cm³/mol. The van der Waals surface area contributed by atoms with Crippen LogP contribution < -0.4 is 60.9 Å². The molecule has 0 unspecified atom stereocenters. The van der Waals surface area contributed by atoms with Crippen LogP contribution in [-0.4, -0.2) is 19.9 Å². The second kappa shape index (κ2) is 7.74. The molecule has 0 bridgehead atoms. The topological polar surface area (TPSA) is 18.5 Å². The number of benzene rings is 1. The van der Waals surface area contributed by atoms with Crippen LogP contribution in [0.25, 0.3) is 0 Å². The van der Waals surface area contributed by atoms with Gasteiger partial charge in [0.1, 0.15) is 11.5 Å². The molecule has 0 aliphatic carbocycles. The van der Waals surface area contributed by atoms with E-state index in [9.17, 15) is 26.1 Å². The van der Waals surface area contributed by atoms with E-state index >= 15 is 0 Å². The fraction of sp³-hybridized carbons (Fsp3) is 0.200. The van der Waals surface area contributed by atoms with Crippen molar-refractivity contribution in [2.45, 2.75) is 6.36 Å². The molecule has 2 nitrogen and oxygen atoms in total. The average Bonchev–Trinajstić information content (AvgIpc) is 2.24. The smallest absolute Gasteiger partial charge is 0.492 e. The maximum Gasteiger partial charge on any atom is 1.00 e. The molecule has 0 aliphatic heterocycles.